The van der Waals surface area contributed by atoms with Gasteiger partial charge in [-0.3, -0.25) is 0 Å². The highest BCUT2D eigenvalue weighted by atomic mass is 127. The molecule has 0 heterocycles. The summed E-state index contributed by atoms with van der Waals surface area (Å²) in [6, 6.07) is 9.20. The molecule has 2 heteroatoms. The quantitative estimate of drug-likeness (QED) is 0.778. The van der Waals surface area contributed by atoms with Gasteiger partial charge in [0.2, 0.25) is 0 Å². The number of halogens is 1. The number of hydrogen-bond acceptors (Lipinski definition) is 1. The average Bonchev–Trinajstić information content (AvgIpc) is 2.25. The molecule has 0 aliphatic heterocycles. The highest BCUT2D eigenvalue weighted by Gasteiger charge is 2.11. The molecule has 0 aliphatic carbocycles. The van der Waals surface area contributed by atoms with Crippen molar-refractivity contribution in [2.75, 3.05) is 6.54 Å². The SMILES string of the molecule is CCCNC(CCC)c1ccccc1I. The molecule has 1 aromatic carbocycles. The molecule has 0 radical (unpaired) electrons. The zero-order valence-electron chi connectivity index (χ0n) is 9.59. The highest BCUT2D eigenvalue weighted by Crippen LogP contribution is 2.23. The summed E-state index contributed by atoms with van der Waals surface area (Å²) < 4.78 is 1.37. The fourth-order valence-electron chi connectivity index (χ4n) is 1.73. The van der Waals surface area contributed by atoms with E-state index < -0.39 is 0 Å². The Kier molecular flexibility index (Phi) is 6.25. The average molecular weight is 317 g/mol. The van der Waals surface area contributed by atoms with E-state index in [1.165, 1.54) is 28.4 Å². The number of rotatable bonds is 6. The maximum atomic E-state index is 3.62. The van der Waals surface area contributed by atoms with Crippen molar-refractivity contribution >= 4 is 22.6 Å². The van der Waals surface area contributed by atoms with Gasteiger partial charge in [-0.2, -0.15) is 0 Å². The van der Waals surface area contributed by atoms with E-state index in [-0.39, 0.29) is 0 Å². The summed E-state index contributed by atoms with van der Waals surface area (Å²) in [6.07, 6.45) is 3.65. The Hall–Kier alpha value is -0.0900. The van der Waals surface area contributed by atoms with E-state index in [0.717, 1.165) is 6.54 Å². The fraction of sp³-hybridized carbons (Fsp3) is 0.538. The predicted octanol–water partition coefficient (Wildman–Crippen LogP) is 4.13. The van der Waals surface area contributed by atoms with Crippen molar-refractivity contribution in [3.05, 3.63) is 33.4 Å². The molecule has 0 amide bonds. The molecule has 1 N–H and O–H groups in total. The maximum Gasteiger partial charge on any atom is 0.0330 e. The normalized spacial score (nSPS) is 12.7. The standard InChI is InChI=1S/C13H20IN/c1-3-7-13(15-10-4-2)11-8-5-6-9-12(11)14/h5-6,8-9,13,15H,3-4,7,10H2,1-2H3. The summed E-state index contributed by atoms with van der Waals surface area (Å²) in [6.45, 7) is 5.57. The molecule has 0 aliphatic rings. The van der Waals surface area contributed by atoms with Crippen molar-refractivity contribution < 1.29 is 0 Å². The van der Waals surface area contributed by atoms with Crippen LogP contribution in [0.1, 0.15) is 44.7 Å². The van der Waals surface area contributed by atoms with Gasteiger partial charge in [-0.15, -0.1) is 0 Å². The minimum absolute atomic E-state index is 0.531. The third-order valence-electron chi connectivity index (χ3n) is 2.50. The molecule has 0 spiro atoms. The Balaban J connectivity index is 2.74. The first-order valence-electron chi connectivity index (χ1n) is 5.77. The lowest BCUT2D eigenvalue weighted by Crippen LogP contribution is -2.22. The summed E-state index contributed by atoms with van der Waals surface area (Å²) in [4.78, 5) is 0. The van der Waals surface area contributed by atoms with E-state index in [1.807, 2.05) is 0 Å². The van der Waals surface area contributed by atoms with Crippen molar-refractivity contribution in [1.29, 1.82) is 0 Å². The molecule has 1 nitrogen and oxygen atoms in total. The van der Waals surface area contributed by atoms with Crippen LogP contribution in [-0.4, -0.2) is 6.54 Å². The molecule has 1 atom stereocenters. The van der Waals surface area contributed by atoms with Gasteiger partial charge < -0.3 is 5.32 Å². The van der Waals surface area contributed by atoms with Crippen molar-refractivity contribution in [2.24, 2.45) is 0 Å². The predicted molar refractivity (Wildman–Crippen MR) is 75.1 cm³/mol. The number of nitrogens with one attached hydrogen (secondary N) is 1. The zero-order chi connectivity index (χ0) is 11.1. The third-order valence-corrected chi connectivity index (χ3v) is 3.48. The Labute approximate surface area is 107 Å². The van der Waals surface area contributed by atoms with Crippen molar-refractivity contribution in [1.82, 2.24) is 5.32 Å². The maximum absolute atomic E-state index is 3.62. The van der Waals surface area contributed by atoms with Gasteiger partial charge in [0, 0.05) is 9.61 Å². The lowest BCUT2D eigenvalue weighted by molar-refractivity contribution is 0.492. The molecule has 0 saturated heterocycles. The van der Waals surface area contributed by atoms with Gasteiger partial charge in [-0.25, -0.2) is 0 Å². The van der Waals surface area contributed by atoms with Gasteiger partial charge in [0.05, 0.1) is 0 Å². The molecule has 0 bridgehead atoms. The van der Waals surface area contributed by atoms with Crippen molar-refractivity contribution in [3.8, 4) is 0 Å². The van der Waals surface area contributed by atoms with Crippen LogP contribution < -0.4 is 5.32 Å². The third kappa shape index (κ3) is 4.11. The van der Waals surface area contributed by atoms with Crippen LogP contribution in [0.4, 0.5) is 0 Å². The monoisotopic (exact) mass is 317 g/mol. The summed E-state index contributed by atoms with van der Waals surface area (Å²) in [5, 5.41) is 3.62. The summed E-state index contributed by atoms with van der Waals surface area (Å²) in [5.74, 6) is 0. The number of benzene rings is 1. The number of hydrogen-bond donors (Lipinski definition) is 1. The van der Waals surface area contributed by atoms with Gasteiger partial charge in [-0.1, -0.05) is 38.5 Å². The van der Waals surface area contributed by atoms with Crippen LogP contribution in [0.5, 0.6) is 0 Å². The van der Waals surface area contributed by atoms with Crippen molar-refractivity contribution in [2.45, 2.75) is 39.2 Å². The van der Waals surface area contributed by atoms with E-state index >= 15 is 0 Å². The molecular weight excluding hydrogens is 297 g/mol. The van der Waals surface area contributed by atoms with Gasteiger partial charge in [0.15, 0.2) is 0 Å². The van der Waals surface area contributed by atoms with Gasteiger partial charge >= 0.3 is 0 Å². The largest absolute Gasteiger partial charge is 0.310 e. The second-order valence-electron chi connectivity index (χ2n) is 3.82. The van der Waals surface area contributed by atoms with E-state index in [4.69, 9.17) is 0 Å². The summed E-state index contributed by atoms with van der Waals surface area (Å²) in [5.41, 5.74) is 1.45. The first kappa shape index (κ1) is 13.0. The van der Waals surface area contributed by atoms with Crippen LogP contribution in [0.3, 0.4) is 0 Å². The smallest absolute Gasteiger partial charge is 0.0330 e. The fourth-order valence-corrected chi connectivity index (χ4v) is 2.50. The Morgan fingerprint density at radius 1 is 1.20 bits per heavy atom. The lowest BCUT2D eigenvalue weighted by atomic mass is 10.0. The molecule has 1 rings (SSSR count). The summed E-state index contributed by atoms with van der Waals surface area (Å²) >= 11 is 2.43. The molecule has 84 valence electrons. The highest BCUT2D eigenvalue weighted by molar-refractivity contribution is 14.1. The Morgan fingerprint density at radius 3 is 2.53 bits per heavy atom. The lowest BCUT2D eigenvalue weighted by Gasteiger charge is -2.19. The molecule has 0 aromatic heterocycles. The van der Waals surface area contributed by atoms with Crippen LogP contribution in [0.25, 0.3) is 0 Å². The van der Waals surface area contributed by atoms with Gasteiger partial charge in [-0.05, 0) is 53.6 Å². The summed E-state index contributed by atoms with van der Waals surface area (Å²) in [7, 11) is 0. The first-order chi connectivity index (χ1) is 7.29. The van der Waals surface area contributed by atoms with E-state index in [9.17, 15) is 0 Å². The zero-order valence-corrected chi connectivity index (χ0v) is 11.8. The van der Waals surface area contributed by atoms with Gasteiger partial charge in [0.1, 0.15) is 0 Å². The Morgan fingerprint density at radius 2 is 1.93 bits per heavy atom. The van der Waals surface area contributed by atoms with Crippen LogP contribution >= 0.6 is 22.6 Å². The van der Waals surface area contributed by atoms with Gasteiger partial charge in [0.25, 0.3) is 0 Å². The first-order valence-corrected chi connectivity index (χ1v) is 6.85. The van der Waals surface area contributed by atoms with Crippen molar-refractivity contribution in [3.63, 3.8) is 0 Å². The van der Waals surface area contributed by atoms with E-state index in [2.05, 4.69) is 66.0 Å². The molecule has 0 saturated carbocycles. The van der Waals surface area contributed by atoms with Crippen LogP contribution in [-0.2, 0) is 0 Å². The van der Waals surface area contributed by atoms with E-state index in [0.29, 0.717) is 6.04 Å². The second-order valence-corrected chi connectivity index (χ2v) is 4.98. The molecular formula is C13H20IN. The minimum Gasteiger partial charge on any atom is -0.310 e. The topological polar surface area (TPSA) is 12.0 Å². The molecule has 15 heavy (non-hydrogen) atoms. The second kappa shape index (κ2) is 7.23. The molecule has 1 aromatic rings. The minimum atomic E-state index is 0.531. The van der Waals surface area contributed by atoms with Crippen LogP contribution in [0, 0.1) is 3.57 Å². The van der Waals surface area contributed by atoms with Crippen LogP contribution in [0.15, 0.2) is 24.3 Å². The Bertz CT molecular complexity index is 286. The molecule has 0 fully saturated rings. The molecule has 1 unspecified atom stereocenters. The van der Waals surface area contributed by atoms with E-state index in [1.54, 1.807) is 0 Å². The van der Waals surface area contributed by atoms with Crippen LogP contribution in [0.2, 0.25) is 0 Å².